The highest BCUT2D eigenvalue weighted by atomic mass is 16.5. The average Bonchev–Trinajstić information content (AvgIpc) is 2.48. The van der Waals surface area contributed by atoms with Gasteiger partial charge in [0.1, 0.15) is 0 Å². The Morgan fingerprint density at radius 1 is 1.14 bits per heavy atom. The summed E-state index contributed by atoms with van der Waals surface area (Å²) in [6.07, 6.45) is 10.2. The van der Waals surface area contributed by atoms with Crippen molar-refractivity contribution in [3.05, 3.63) is 0 Å². The number of hydrogen-bond acceptors (Lipinski definition) is 3. The van der Waals surface area contributed by atoms with E-state index >= 15 is 0 Å². The quantitative estimate of drug-likeness (QED) is 0.766. The van der Waals surface area contributed by atoms with E-state index in [2.05, 4.69) is 19.2 Å². The molecule has 2 aliphatic carbocycles. The summed E-state index contributed by atoms with van der Waals surface area (Å²) in [7, 11) is 0. The first-order valence-electron chi connectivity index (χ1n) is 9.14. The molecular formula is C18H33NO2. The van der Waals surface area contributed by atoms with Crippen LogP contribution in [0.4, 0.5) is 0 Å². The molecule has 5 atom stereocenters. The number of ether oxygens (including phenoxy) is 1. The molecule has 0 bridgehead atoms. The average molecular weight is 295 g/mol. The molecule has 0 aromatic rings. The van der Waals surface area contributed by atoms with Gasteiger partial charge >= 0.3 is 0 Å². The summed E-state index contributed by atoms with van der Waals surface area (Å²) < 4.78 is 5.96. The Hall–Kier alpha value is -0.120. The fraction of sp³-hybridized carbons (Fsp3) is 1.00. The van der Waals surface area contributed by atoms with E-state index in [0.717, 1.165) is 25.5 Å². The van der Waals surface area contributed by atoms with Crippen molar-refractivity contribution in [3.8, 4) is 0 Å². The van der Waals surface area contributed by atoms with Crippen LogP contribution in [-0.4, -0.2) is 36.5 Å². The van der Waals surface area contributed by atoms with Gasteiger partial charge in [-0.2, -0.15) is 0 Å². The van der Waals surface area contributed by atoms with Gasteiger partial charge in [0.05, 0.1) is 12.2 Å². The lowest BCUT2D eigenvalue weighted by Crippen LogP contribution is -2.69. The summed E-state index contributed by atoms with van der Waals surface area (Å²) in [5.41, 5.74) is 0.287. The zero-order valence-electron chi connectivity index (χ0n) is 13.8. The van der Waals surface area contributed by atoms with Gasteiger partial charge in [0.15, 0.2) is 0 Å². The topological polar surface area (TPSA) is 41.5 Å². The molecule has 2 N–H and O–H groups in total. The van der Waals surface area contributed by atoms with Crippen LogP contribution >= 0.6 is 0 Å². The molecule has 0 spiro atoms. The van der Waals surface area contributed by atoms with Gasteiger partial charge in [-0.15, -0.1) is 0 Å². The molecule has 3 heteroatoms. The second-order valence-corrected chi connectivity index (χ2v) is 8.10. The maximum absolute atomic E-state index is 10.0. The van der Waals surface area contributed by atoms with Crippen molar-refractivity contribution in [1.82, 2.24) is 5.32 Å². The molecule has 2 saturated carbocycles. The Bertz CT molecular complexity index is 344. The van der Waals surface area contributed by atoms with Crippen LogP contribution in [0, 0.1) is 17.3 Å². The van der Waals surface area contributed by atoms with E-state index in [9.17, 15) is 5.11 Å². The number of rotatable bonds is 5. The Kier molecular flexibility index (Phi) is 4.92. The third-order valence-electron chi connectivity index (χ3n) is 6.32. The third kappa shape index (κ3) is 3.16. The van der Waals surface area contributed by atoms with Crippen LogP contribution in [0.15, 0.2) is 0 Å². The van der Waals surface area contributed by atoms with E-state index < -0.39 is 0 Å². The predicted molar refractivity (Wildman–Crippen MR) is 85.2 cm³/mol. The summed E-state index contributed by atoms with van der Waals surface area (Å²) >= 11 is 0. The number of fused-ring (bicyclic) bond motifs is 1. The molecule has 0 aromatic carbocycles. The van der Waals surface area contributed by atoms with Crippen LogP contribution in [0.2, 0.25) is 0 Å². The van der Waals surface area contributed by atoms with Gasteiger partial charge in [-0.05, 0) is 51.0 Å². The maximum Gasteiger partial charge on any atom is 0.0684 e. The van der Waals surface area contributed by atoms with Gasteiger partial charge < -0.3 is 15.2 Å². The number of nitrogens with one attached hydrogen (secondary N) is 1. The van der Waals surface area contributed by atoms with Crippen molar-refractivity contribution in [2.75, 3.05) is 13.2 Å². The lowest BCUT2D eigenvalue weighted by atomic mass is 9.55. The molecular weight excluding hydrogens is 262 g/mol. The normalized spacial score (nSPS) is 42.1. The highest BCUT2D eigenvalue weighted by Gasteiger charge is 2.57. The Morgan fingerprint density at radius 2 is 1.95 bits per heavy atom. The second-order valence-electron chi connectivity index (χ2n) is 8.10. The minimum atomic E-state index is -0.0324. The zero-order chi connectivity index (χ0) is 14.9. The van der Waals surface area contributed by atoms with Gasteiger partial charge in [0, 0.05) is 24.0 Å². The molecule has 122 valence electrons. The van der Waals surface area contributed by atoms with Crippen molar-refractivity contribution < 1.29 is 9.84 Å². The third-order valence-corrected chi connectivity index (χ3v) is 6.32. The lowest BCUT2D eigenvalue weighted by Gasteiger charge is -2.60. The van der Waals surface area contributed by atoms with Crippen LogP contribution in [0.1, 0.15) is 65.2 Å². The Balaban J connectivity index is 1.39. The molecule has 3 nitrogen and oxygen atoms in total. The van der Waals surface area contributed by atoms with Crippen LogP contribution in [0.3, 0.4) is 0 Å². The van der Waals surface area contributed by atoms with Crippen LogP contribution < -0.4 is 5.32 Å². The van der Waals surface area contributed by atoms with Gasteiger partial charge in [-0.1, -0.05) is 26.7 Å². The van der Waals surface area contributed by atoms with Gasteiger partial charge in [0.2, 0.25) is 0 Å². The molecule has 0 aromatic heterocycles. The molecule has 1 heterocycles. The molecule has 3 aliphatic rings. The SMILES string of the molecule is CC1(C)C(NCCCC2CCCCC2O)C2CCCOC21. The smallest absolute Gasteiger partial charge is 0.0684 e. The van der Waals surface area contributed by atoms with Gasteiger partial charge in [0.25, 0.3) is 0 Å². The standard InChI is InChI=1S/C18H33NO2/c1-18(2)16(14-9-6-12-21-17(14)18)19-11-5-8-13-7-3-4-10-15(13)20/h13-17,19-20H,3-12H2,1-2H3. The van der Waals surface area contributed by atoms with E-state index in [1.807, 2.05) is 0 Å². The largest absolute Gasteiger partial charge is 0.393 e. The van der Waals surface area contributed by atoms with Crippen molar-refractivity contribution in [3.63, 3.8) is 0 Å². The Morgan fingerprint density at radius 3 is 2.76 bits per heavy atom. The number of hydrogen-bond donors (Lipinski definition) is 2. The van der Waals surface area contributed by atoms with E-state index in [-0.39, 0.29) is 11.5 Å². The van der Waals surface area contributed by atoms with E-state index in [1.165, 1.54) is 44.9 Å². The predicted octanol–water partition coefficient (Wildman–Crippen LogP) is 3.11. The summed E-state index contributed by atoms with van der Waals surface area (Å²) in [6.45, 7) is 6.75. The fourth-order valence-corrected chi connectivity index (χ4v) is 5.08. The monoisotopic (exact) mass is 295 g/mol. The molecule has 3 fully saturated rings. The van der Waals surface area contributed by atoms with Crippen molar-refractivity contribution in [2.45, 2.75) is 83.5 Å². The lowest BCUT2D eigenvalue weighted by molar-refractivity contribution is -0.192. The fourth-order valence-electron chi connectivity index (χ4n) is 5.08. The minimum absolute atomic E-state index is 0.0324. The van der Waals surface area contributed by atoms with Crippen LogP contribution in [-0.2, 0) is 4.74 Å². The minimum Gasteiger partial charge on any atom is -0.393 e. The second kappa shape index (κ2) is 6.55. The van der Waals surface area contributed by atoms with E-state index in [0.29, 0.717) is 18.1 Å². The van der Waals surface area contributed by atoms with E-state index in [1.54, 1.807) is 0 Å². The first-order chi connectivity index (χ1) is 10.1. The van der Waals surface area contributed by atoms with Crippen LogP contribution in [0.25, 0.3) is 0 Å². The molecule has 21 heavy (non-hydrogen) atoms. The highest BCUT2D eigenvalue weighted by molar-refractivity contribution is 5.10. The summed E-state index contributed by atoms with van der Waals surface area (Å²) in [4.78, 5) is 0. The van der Waals surface area contributed by atoms with Gasteiger partial charge in [-0.3, -0.25) is 0 Å². The zero-order valence-corrected chi connectivity index (χ0v) is 13.8. The van der Waals surface area contributed by atoms with Crippen molar-refractivity contribution in [2.24, 2.45) is 17.3 Å². The summed E-state index contributed by atoms with van der Waals surface area (Å²) in [6, 6.07) is 0.624. The van der Waals surface area contributed by atoms with Crippen molar-refractivity contribution in [1.29, 1.82) is 0 Å². The molecule has 1 aliphatic heterocycles. The first-order valence-corrected chi connectivity index (χ1v) is 9.14. The molecule has 0 amide bonds. The summed E-state index contributed by atoms with van der Waals surface area (Å²) in [5, 5.41) is 13.8. The molecule has 5 unspecified atom stereocenters. The van der Waals surface area contributed by atoms with Crippen LogP contribution in [0.5, 0.6) is 0 Å². The van der Waals surface area contributed by atoms with Crippen molar-refractivity contribution >= 4 is 0 Å². The summed E-state index contributed by atoms with van der Waals surface area (Å²) in [5.74, 6) is 1.29. The number of aliphatic hydroxyl groups excluding tert-OH is 1. The molecule has 3 rings (SSSR count). The number of aliphatic hydroxyl groups is 1. The molecule has 0 radical (unpaired) electrons. The van der Waals surface area contributed by atoms with E-state index in [4.69, 9.17) is 4.74 Å². The highest BCUT2D eigenvalue weighted by Crippen LogP contribution is 2.51. The maximum atomic E-state index is 10.0. The van der Waals surface area contributed by atoms with Gasteiger partial charge in [-0.25, -0.2) is 0 Å². The Labute approximate surface area is 129 Å². The first kappa shape index (κ1) is 15.8. The molecule has 1 saturated heterocycles.